The van der Waals surface area contributed by atoms with Crippen molar-refractivity contribution in [1.29, 1.82) is 0 Å². The maximum absolute atomic E-state index is 10.8. The molecule has 16 heavy (non-hydrogen) atoms. The van der Waals surface area contributed by atoms with Gasteiger partial charge in [0.1, 0.15) is 5.92 Å². The number of rotatable bonds is 5. The Hall–Kier alpha value is -2.45. The van der Waals surface area contributed by atoms with Gasteiger partial charge >= 0.3 is 17.8 Å². The quantitative estimate of drug-likeness (QED) is 0.474. The second kappa shape index (κ2) is 4.38. The first kappa shape index (κ1) is 11.6. The van der Waals surface area contributed by atoms with Crippen LogP contribution in [-0.4, -0.2) is 37.3 Å². The molecule has 3 N–H and O–H groups in total. The molecule has 1 atom stereocenters. The van der Waals surface area contributed by atoms with E-state index in [4.69, 9.17) is 10.2 Å². The standard InChI is InChI=1S/C7H7N3O6/c11-5(12)1-3(7(13)14)4-2-8-9-6(4)10(15)16/h2-3H,1H2,(H,8,9)(H,11,12)(H,13,14). The first-order chi connectivity index (χ1) is 7.43. The molecule has 1 unspecified atom stereocenters. The van der Waals surface area contributed by atoms with Crippen LogP contribution in [0.2, 0.25) is 0 Å². The number of H-pyrrole nitrogens is 1. The number of aromatic nitrogens is 2. The van der Waals surface area contributed by atoms with Crippen LogP contribution < -0.4 is 0 Å². The fourth-order valence-electron chi connectivity index (χ4n) is 1.19. The molecule has 0 radical (unpaired) electrons. The molecule has 9 heteroatoms. The summed E-state index contributed by atoms with van der Waals surface area (Å²) in [5, 5.41) is 33.1. The van der Waals surface area contributed by atoms with Gasteiger partial charge in [0.15, 0.2) is 0 Å². The van der Waals surface area contributed by atoms with Crippen molar-refractivity contribution in [2.45, 2.75) is 12.3 Å². The smallest absolute Gasteiger partial charge is 0.346 e. The normalized spacial score (nSPS) is 12.0. The summed E-state index contributed by atoms with van der Waals surface area (Å²) in [6.45, 7) is 0. The van der Waals surface area contributed by atoms with Crippen LogP contribution in [0.4, 0.5) is 5.82 Å². The summed E-state index contributed by atoms with van der Waals surface area (Å²) >= 11 is 0. The van der Waals surface area contributed by atoms with Gasteiger partial charge in [-0.15, -0.1) is 5.10 Å². The molecule has 9 nitrogen and oxygen atoms in total. The van der Waals surface area contributed by atoms with Crippen LogP contribution >= 0.6 is 0 Å². The number of carboxylic acid groups (broad SMARTS) is 2. The van der Waals surface area contributed by atoms with Gasteiger partial charge in [0.2, 0.25) is 0 Å². The Morgan fingerprint density at radius 3 is 2.62 bits per heavy atom. The summed E-state index contributed by atoms with van der Waals surface area (Å²) in [4.78, 5) is 30.8. The van der Waals surface area contributed by atoms with Gasteiger partial charge < -0.3 is 20.3 Å². The fraction of sp³-hybridized carbons (Fsp3) is 0.286. The monoisotopic (exact) mass is 229 g/mol. The second-order valence-electron chi connectivity index (χ2n) is 2.92. The van der Waals surface area contributed by atoms with Crippen molar-refractivity contribution in [3.8, 4) is 0 Å². The summed E-state index contributed by atoms with van der Waals surface area (Å²) in [5.74, 6) is -4.90. The van der Waals surface area contributed by atoms with Crippen LogP contribution in [0.15, 0.2) is 6.20 Å². The highest BCUT2D eigenvalue weighted by atomic mass is 16.6. The zero-order valence-corrected chi connectivity index (χ0v) is 7.78. The number of hydrogen-bond donors (Lipinski definition) is 3. The highest BCUT2D eigenvalue weighted by Gasteiger charge is 2.31. The number of aromatic amines is 1. The van der Waals surface area contributed by atoms with Crippen molar-refractivity contribution in [2.75, 3.05) is 0 Å². The maximum Gasteiger partial charge on any atom is 0.346 e. The summed E-state index contributed by atoms with van der Waals surface area (Å²) < 4.78 is 0. The molecule has 0 aromatic carbocycles. The molecule has 0 aliphatic heterocycles. The number of carboxylic acids is 2. The van der Waals surface area contributed by atoms with Crippen LogP contribution in [0.1, 0.15) is 17.9 Å². The van der Waals surface area contributed by atoms with Gasteiger partial charge in [0, 0.05) is 0 Å². The van der Waals surface area contributed by atoms with Gasteiger partial charge in [0.25, 0.3) is 0 Å². The van der Waals surface area contributed by atoms with Gasteiger partial charge in [-0.2, -0.15) is 0 Å². The van der Waals surface area contributed by atoms with Crippen LogP contribution in [0.25, 0.3) is 0 Å². The Balaban J connectivity index is 3.10. The second-order valence-corrected chi connectivity index (χ2v) is 2.92. The van der Waals surface area contributed by atoms with Crippen LogP contribution in [-0.2, 0) is 9.59 Å². The molecule has 86 valence electrons. The van der Waals surface area contributed by atoms with E-state index in [1.807, 2.05) is 5.10 Å². The van der Waals surface area contributed by atoms with Gasteiger partial charge in [-0.1, -0.05) is 5.10 Å². The summed E-state index contributed by atoms with van der Waals surface area (Å²) in [6.07, 6.45) is 0.204. The predicted octanol–water partition coefficient (Wildman–Crippen LogP) is -0.0392. The van der Waals surface area contributed by atoms with E-state index in [1.165, 1.54) is 0 Å². The molecule has 0 aliphatic rings. The number of aliphatic carboxylic acids is 2. The maximum atomic E-state index is 10.8. The third-order valence-corrected chi connectivity index (χ3v) is 1.88. The predicted molar refractivity (Wildman–Crippen MR) is 47.9 cm³/mol. The Morgan fingerprint density at radius 1 is 1.56 bits per heavy atom. The van der Waals surface area contributed by atoms with Crippen molar-refractivity contribution in [3.05, 3.63) is 21.9 Å². The fourth-order valence-corrected chi connectivity index (χ4v) is 1.19. The van der Waals surface area contributed by atoms with E-state index in [9.17, 15) is 19.7 Å². The van der Waals surface area contributed by atoms with Crippen LogP contribution in [0.3, 0.4) is 0 Å². The van der Waals surface area contributed by atoms with E-state index in [1.54, 1.807) is 0 Å². The molecule has 0 aliphatic carbocycles. The lowest BCUT2D eigenvalue weighted by Crippen LogP contribution is -2.16. The van der Waals surface area contributed by atoms with Gasteiger partial charge in [-0.25, -0.2) is 0 Å². The Kier molecular flexibility index (Phi) is 3.18. The summed E-state index contributed by atoms with van der Waals surface area (Å²) in [7, 11) is 0. The number of nitrogens with zero attached hydrogens (tertiary/aromatic N) is 2. The molecule has 0 bridgehead atoms. The average molecular weight is 229 g/mol. The minimum atomic E-state index is -1.49. The molecule has 1 heterocycles. The Morgan fingerprint density at radius 2 is 2.19 bits per heavy atom. The lowest BCUT2D eigenvalue weighted by molar-refractivity contribution is -0.390. The lowest BCUT2D eigenvalue weighted by atomic mass is 9.98. The SMILES string of the molecule is O=C(O)CC(C(=O)O)c1cn[nH]c1[N+](=O)[O-]. The number of nitrogens with one attached hydrogen (secondary N) is 1. The highest BCUT2D eigenvalue weighted by molar-refractivity contribution is 5.83. The molecule has 0 spiro atoms. The number of nitro groups is 1. The minimum Gasteiger partial charge on any atom is -0.481 e. The van der Waals surface area contributed by atoms with Crippen molar-refractivity contribution >= 4 is 17.8 Å². The number of carbonyl (C=O) groups is 2. The van der Waals surface area contributed by atoms with Gasteiger partial charge in [0.05, 0.1) is 18.2 Å². The zero-order chi connectivity index (χ0) is 12.3. The van der Waals surface area contributed by atoms with E-state index in [0.29, 0.717) is 0 Å². The molecule has 0 saturated heterocycles. The van der Waals surface area contributed by atoms with Crippen molar-refractivity contribution in [1.82, 2.24) is 10.2 Å². The Labute approximate surface area is 87.9 Å². The van der Waals surface area contributed by atoms with E-state index in [0.717, 1.165) is 6.20 Å². The molecular weight excluding hydrogens is 222 g/mol. The highest BCUT2D eigenvalue weighted by Crippen LogP contribution is 2.26. The summed E-state index contributed by atoms with van der Waals surface area (Å²) in [6, 6.07) is 0. The van der Waals surface area contributed by atoms with E-state index < -0.39 is 35.0 Å². The topological polar surface area (TPSA) is 146 Å². The molecule has 0 fully saturated rings. The van der Waals surface area contributed by atoms with Gasteiger partial charge in [-0.05, 0) is 4.92 Å². The van der Waals surface area contributed by atoms with Crippen LogP contribution in [0.5, 0.6) is 0 Å². The van der Waals surface area contributed by atoms with Crippen molar-refractivity contribution in [2.24, 2.45) is 0 Å². The first-order valence-corrected chi connectivity index (χ1v) is 4.05. The van der Waals surface area contributed by atoms with Crippen molar-refractivity contribution < 1.29 is 24.7 Å². The largest absolute Gasteiger partial charge is 0.481 e. The first-order valence-electron chi connectivity index (χ1n) is 4.05. The van der Waals surface area contributed by atoms with Crippen molar-refractivity contribution in [3.63, 3.8) is 0 Å². The molecule has 0 amide bonds. The zero-order valence-electron chi connectivity index (χ0n) is 7.78. The molecule has 1 aromatic rings. The van der Waals surface area contributed by atoms with E-state index in [2.05, 4.69) is 5.10 Å². The average Bonchev–Trinajstić information content (AvgIpc) is 2.61. The van der Waals surface area contributed by atoms with Crippen LogP contribution in [0, 0.1) is 10.1 Å². The third-order valence-electron chi connectivity index (χ3n) is 1.88. The lowest BCUT2D eigenvalue weighted by Gasteiger charge is -2.06. The summed E-state index contributed by atoms with van der Waals surface area (Å²) in [5.41, 5.74) is -0.250. The molecule has 1 aromatic heterocycles. The van der Waals surface area contributed by atoms with E-state index >= 15 is 0 Å². The van der Waals surface area contributed by atoms with E-state index in [-0.39, 0.29) is 5.56 Å². The van der Waals surface area contributed by atoms with Gasteiger partial charge in [-0.3, -0.25) is 9.59 Å². The number of hydrogen-bond acceptors (Lipinski definition) is 5. The Bertz CT molecular complexity index is 439. The molecular formula is C7H7N3O6. The minimum absolute atomic E-state index is 0.250. The molecule has 0 saturated carbocycles. The molecule has 1 rings (SSSR count). The third kappa shape index (κ3) is 2.32.